The van der Waals surface area contributed by atoms with Crippen molar-refractivity contribution >= 4 is 5.91 Å². The van der Waals surface area contributed by atoms with Crippen LogP contribution in [-0.2, 0) is 4.79 Å². The number of nitrogens with one attached hydrogen (secondary N) is 1. The molecule has 0 spiro atoms. The molecule has 0 radical (unpaired) electrons. The van der Waals surface area contributed by atoms with E-state index in [1.807, 2.05) is 6.08 Å². The second kappa shape index (κ2) is 5.24. The van der Waals surface area contributed by atoms with Crippen LogP contribution < -0.4 is 5.32 Å². The van der Waals surface area contributed by atoms with Crippen LogP contribution in [0.25, 0.3) is 0 Å². The first-order valence-electron chi connectivity index (χ1n) is 7.74. The second-order valence-electron chi connectivity index (χ2n) is 6.59. The molecule has 4 heteroatoms. The Morgan fingerprint density at radius 2 is 2.05 bits per heavy atom. The van der Waals surface area contributed by atoms with Crippen LogP contribution in [0.15, 0.2) is 23.1 Å². The number of amides is 1. The molecule has 110 valence electrons. The van der Waals surface area contributed by atoms with Crippen LogP contribution in [0.3, 0.4) is 0 Å². The number of allylic oxidation sites excluding steroid dienone is 2. The van der Waals surface area contributed by atoms with E-state index in [0.717, 1.165) is 37.3 Å². The zero-order valence-electron chi connectivity index (χ0n) is 12.2. The van der Waals surface area contributed by atoms with E-state index in [2.05, 4.69) is 17.1 Å². The summed E-state index contributed by atoms with van der Waals surface area (Å²) >= 11 is 0. The first kappa shape index (κ1) is 13.7. The van der Waals surface area contributed by atoms with Crippen molar-refractivity contribution in [1.29, 1.82) is 0 Å². The Bertz CT molecular complexity index is 475. The average Bonchev–Trinajstić information content (AvgIpc) is 2.45. The van der Waals surface area contributed by atoms with Gasteiger partial charge in [-0.15, -0.1) is 0 Å². The van der Waals surface area contributed by atoms with Gasteiger partial charge in [0.05, 0.1) is 0 Å². The van der Waals surface area contributed by atoms with E-state index in [1.54, 1.807) is 0 Å². The average molecular weight is 276 g/mol. The topological polar surface area (TPSA) is 52.6 Å². The maximum Gasteiger partial charge on any atom is 0.224 e. The number of piperidine rings is 1. The zero-order valence-corrected chi connectivity index (χ0v) is 12.2. The molecule has 1 saturated heterocycles. The summed E-state index contributed by atoms with van der Waals surface area (Å²) in [6.45, 7) is 5.49. The molecular weight excluding hydrogens is 252 g/mol. The third-order valence-electron chi connectivity index (χ3n) is 4.85. The van der Waals surface area contributed by atoms with Gasteiger partial charge in [-0.3, -0.25) is 4.79 Å². The van der Waals surface area contributed by atoms with Crippen molar-refractivity contribution in [3.8, 4) is 0 Å². The van der Waals surface area contributed by atoms with Gasteiger partial charge in [-0.1, -0.05) is 13.3 Å². The van der Waals surface area contributed by atoms with E-state index in [9.17, 15) is 9.90 Å². The van der Waals surface area contributed by atoms with Crippen LogP contribution >= 0.6 is 0 Å². The number of likely N-dealkylation sites (tertiary alicyclic amines) is 1. The van der Waals surface area contributed by atoms with Gasteiger partial charge in [0.1, 0.15) is 5.76 Å². The summed E-state index contributed by atoms with van der Waals surface area (Å²) in [5.41, 5.74) is 1.85. The lowest BCUT2D eigenvalue weighted by molar-refractivity contribution is -0.121. The maximum absolute atomic E-state index is 11.7. The summed E-state index contributed by atoms with van der Waals surface area (Å²) < 4.78 is 0. The monoisotopic (exact) mass is 276 g/mol. The Morgan fingerprint density at radius 3 is 2.80 bits per heavy atom. The minimum absolute atomic E-state index is 0.0744. The zero-order chi connectivity index (χ0) is 14.2. The highest BCUT2D eigenvalue weighted by atomic mass is 16.3. The quantitative estimate of drug-likeness (QED) is 0.814. The molecule has 2 N–H and O–H groups in total. The molecule has 1 amide bonds. The Kier molecular flexibility index (Phi) is 3.59. The van der Waals surface area contributed by atoms with Gasteiger partial charge < -0.3 is 15.3 Å². The molecule has 1 fully saturated rings. The van der Waals surface area contributed by atoms with Crippen LogP contribution in [0.2, 0.25) is 0 Å². The fourth-order valence-electron chi connectivity index (χ4n) is 3.71. The summed E-state index contributed by atoms with van der Waals surface area (Å²) in [6.07, 6.45) is 7.76. The van der Waals surface area contributed by atoms with Gasteiger partial charge in [0, 0.05) is 29.7 Å². The third kappa shape index (κ3) is 2.49. The number of hydrogen-bond acceptors (Lipinski definition) is 3. The van der Waals surface area contributed by atoms with Crippen molar-refractivity contribution in [2.75, 3.05) is 19.6 Å². The van der Waals surface area contributed by atoms with Crippen molar-refractivity contribution in [3.05, 3.63) is 23.1 Å². The highest BCUT2D eigenvalue weighted by Crippen LogP contribution is 2.42. The molecule has 1 aliphatic carbocycles. The SMILES string of the molecule is CC1(CN2CCCCC2)CC=C(O)C2=C1NC(=O)CC2. The Hall–Kier alpha value is -1.29. The lowest BCUT2D eigenvalue weighted by atomic mass is 9.74. The van der Waals surface area contributed by atoms with Crippen LogP contribution in [0.4, 0.5) is 0 Å². The molecule has 1 atom stereocenters. The van der Waals surface area contributed by atoms with E-state index in [0.29, 0.717) is 18.6 Å². The molecule has 0 aromatic rings. The molecule has 0 aromatic carbocycles. The molecule has 4 nitrogen and oxygen atoms in total. The number of aliphatic hydroxyl groups excluding tert-OH is 1. The van der Waals surface area contributed by atoms with Gasteiger partial charge in [-0.05, 0) is 44.8 Å². The van der Waals surface area contributed by atoms with Crippen LogP contribution in [0.5, 0.6) is 0 Å². The van der Waals surface area contributed by atoms with Crippen molar-refractivity contribution in [1.82, 2.24) is 10.2 Å². The van der Waals surface area contributed by atoms with Gasteiger partial charge in [-0.25, -0.2) is 0 Å². The molecule has 2 aliphatic heterocycles. The molecular formula is C16H24N2O2. The van der Waals surface area contributed by atoms with Crippen molar-refractivity contribution in [3.63, 3.8) is 0 Å². The normalized spacial score (nSPS) is 31.6. The van der Waals surface area contributed by atoms with E-state index < -0.39 is 0 Å². The van der Waals surface area contributed by atoms with Crippen molar-refractivity contribution in [2.45, 2.75) is 45.4 Å². The van der Waals surface area contributed by atoms with E-state index in [-0.39, 0.29) is 11.3 Å². The van der Waals surface area contributed by atoms with E-state index in [1.165, 1.54) is 19.3 Å². The van der Waals surface area contributed by atoms with Crippen molar-refractivity contribution < 1.29 is 9.90 Å². The number of rotatable bonds is 2. The Balaban J connectivity index is 1.84. The minimum atomic E-state index is -0.0744. The lowest BCUT2D eigenvalue weighted by Gasteiger charge is -2.42. The first-order chi connectivity index (χ1) is 9.58. The fraction of sp³-hybridized carbons (Fsp3) is 0.688. The molecule has 20 heavy (non-hydrogen) atoms. The highest BCUT2D eigenvalue weighted by molar-refractivity contribution is 5.80. The molecule has 3 aliphatic rings. The number of nitrogens with zero attached hydrogens (tertiary/aromatic N) is 1. The van der Waals surface area contributed by atoms with Gasteiger partial charge in [-0.2, -0.15) is 0 Å². The van der Waals surface area contributed by atoms with Crippen LogP contribution in [0.1, 0.15) is 45.4 Å². The maximum atomic E-state index is 11.7. The van der Waals surface area contributed by atoms with Gasteiger partial charge in [0.15, 0.2) is 0 Å². The largest absolute Gasteiger partial charge is 0.508 e. The minimum Gasteiger partial charge on any atom is -0.508 e. The molecule has 0 saturated carbocycles. The summed E-state index contributed by atoms with van der Waals surface area (Å²) in [5, 5.41) is 13.1. The molecule has 3 rings (SSSR count). The summed E-state index contributed by atoms with van der Waals surface area (Å²) in [5.74, 6) is 0.458. The van der Waals surface area contributed by atoms with E-state index >= 15 is 0 Å². The summed E-state index contributed by atoms with van der Waals surface area (Å²) in [4.78, 5) is 14.2. The standard InChI is InChI=1S/C16H24N2O2/c1-16(11-18-9-3-2-4-10-18)8-7-13(19)12-5-6-14(20)17-15(12)16/h7,19H,2-6,8-11H2,1H3,(H,17,20). The van der Waals surface area contributed by atoms with Gasteiger partial charge >= 0.3 is 0 Å². The van der Waals surface area contributed by atoms with Gasteiger partial charge in [0.25, 0.3) is 0 Å². The van der Waals surface area contributed by atoms with Crippen LogP contribution in [0, 0.1) is 5.41 Å². The predicted molar refractivity (Wildman–Crippen MR) is 78.1 cm³/mol. The smallest absolute Gasteiger partial charge is 0.224 e. The number of hydrogen-bond donors (Lipinski definition) is 2. The fourth-order valence-corrected chi connectivity index (χ4v) is 3.71. The third-order valence-corrected chi connectivity index (χ3v) is 4.85. The molecule has 1 unspecified atom stereocenters. The summed E-state index contributed by atoms with van der Waals surface area (Å²) in [7, 11) is 0. The Labute approximate surface area is 120 Å². The highest BCUT2D eigenvalue weighted by Gasteiger charge is 2.39. The number of carbonyl (C=O) groups is 1. The number of carbonyl (C=O) groups excluding carboxylic acids is 1. The van der Waals surface area contributed by atoms with Gasteiger partial charge in [0.2, 0.25) is 5.91 Å². The predicted octanol–water partition coefficient (Wildman–Crippen LogP) is 2.49. The first-order valence-corrected chi connectivity index (χ1v) is 7.74. The molecule has 0 aromatic heterocycles. The molecule has 2 heterocycles. The Morgan fingerprint density at radius 1 is 1.30 bits per heavy atom. The lowest BCUT2D eigenvalue weighted by Crippen LogP contribution is -2.46. The molecule has 0 bridgehead atoms. The summed E-state index contributed by atoms with van der Waals surface area (Å²) in [6, 6.07) is 0. The van der Waals surface area contributed by atoms with Crippen molar-refractivity contribution in [2.24, 2.45) is 5.41 Å². The number of aliphatic hydroxyl groups is 1. The van der Waals surface area contributed by atoms with Crippen LogP contribution in [-0.4, -0.2) is 35.5 Å². The van der Waals surface area contributed by atoms with E-state index in [4.69, 9.17) is 0 Å². The second-order valence-corrected chi connectivity index (χ2v) is 6.59.